The summed E-state index contributed by atoms with van der Waals surface area (Å²) in [6, 6.07) is 28.0. The highest BCUT2D eigenvalue weighted by Crippen LogP contribution is 2.36. The van der Waals surface area contributed by atoms with Crippen LogP contribution in [0.15, 0.2) is 91.0 Å². The molecule has 1 amide bonds. The average molecular weight is 562 g/mol. The van der Waals surface area contributed by atoms with Gasteiger partial charge in [0.25, 0.3) is 0 Å². The van der Waals surface area contributed by atoms with Gasteiger partial charge in [-0.1, -0.05) is 91.0 Å². The maximum atomic E-state index is 12.5. The Balaban J connectivity index is 1.29. The van der Waals surface area contributed by atoms with Crippen molar-refractivity contribution in [2.24, 2.45) is 0 Å². The maximum Gasteiger partial charge on any atom is 0.308 e. The molecule has 216 valence electrons. The van der Waals surface area contributed by atoms with Crippen LogP contribution < -0.4 is 5.32 Å². The molecule has 41 heavy (non-hydrogen) atoms. The number of rotatable bonds is 11. The predicted octanol–water partition coefficient (Wildman–Crippen LogP) is 4.07. The second kappa shape index (κ2) is 14.3. The Morgan fingerprint density at radius 3 is 2.12 bits per heavy atom. The Morgan fingerprint density at radius 1 is 0.829 bits per heavy atom. The molecule has 2 heterocycles. The molecule has 2 aliphatic heterocycles. The number of ether oxygens (including phenoxy) is 6. The van der Waals surface area contributed by atoms with Crippen molar-refractivity contribution in [3.63, 3.8) is 0 Å². The van der Waals surface area contributed by atoms with Crippen LogP contribution in [0.5, 0.6) is 0 Å². The summed E-state index contributed by atoms with van der Waals surface area (Å²) < 4.78 is 36.6. The van der Waals surface area contributed by atoms with E-state index < -0.39 is 36.9 Å². The molecule has 2 aliphatic rings. The normalized spacial score (nSPS) is 25.6. The van der Waals surface area contributed by atoms with Crippen LogP contribution in [0.3, 0.4) is 0 Å². The van der Waals surface area contributed by atoms with Gasteiger partial charge in [0.05, 0.1) is 26.2 Å². The van der Waals surface area contributed by atoms with Gasteiger partial charge < -0.3 is 33.7 Å². The lowest BCUT2D eigenvalue weighted by molar-refractivity contribution is -0.349. The number of amides is 1. The number of hydrogen-bond donors (Lipinski definition) is 1. The third-order valence-electron chi connectivity index (χ3n) is 6.90. The molecule has 0 aliphatic carbocycles. The van der Waals surface area contributed by atoms with Gasteiger partial charge >= 0.3 is 5.97 Å². The van der Waals surface area contributed by atoms with Crippen molar-refractivity contribution in [1.29, 1.82) is 0 Å². The topological polar surface area (TPSA) is 102 Å². The van der Waals surface area contributed by atoms with Gasteiger partial charge in [0, 0.05) is 12.5 Å². The zero-order valence-electron chi connectivity index (χ0n) is 22.9. The minimum absolute atomic E-state index is 0.0303. The van der Waals surface area contributed by atoms with E-state index in [0.717, 1.165) is 16.7 Å². The van der Waals surface area contributed by atoms with Crippen LogP contribution in [0, 0.1) is 0 Å². The Labute approximate surface area is 239 Å². The van der Waals surface area contributed by atoms with Crippen LogP contribution in [0.2, 0.25) is 0 Å². The van der Waals surface area contributed by atoms with E-state index in [1.165, 1.54) is 6.92 Å². The van der Waals surface area contributed by atoms with Crippen molar-refractivity contribution in [2.45, 2.75) is 63.5 Å². The molecule has 2 saturated heterocycles. The van der Waals surface area contributed by atoms with E-state index in [-0.39, 0.29) is 44.7 Å². The highest BCUT2D eigenvalue weighted by atomic mass is 16.7. The second-order valence-electron chi connectivity index (χ2n) is 9.97. The van der Waals surface area contributed by atoms with Crippen LogP contribution in [-0.4, -0.2) is 55.7 Å². The first-order valence-electron chi connectivity index (χ1n) is 13.8. The van der Waals surface area contributed by atoms with E-state index in [4.69, 9.17) is 28.4 Å². The number of carbonyl (C=O) groups excluding carboxylic acids is 2. The van der Waals surface area contributed by atoms with Crippen LogP contribution in [0.25, 0.3) is 0 Å². The maximum absolute atomic E-state index is 12.5. The van der Waals surface area contributed by atoms with E-state index >= 15 is 0 Å². The number of esters is 1. The summed E-state index contributed by atoms with van der Waals surface area (Å²) in [5.41, 5.74) is 2.71. The van der Waals surface area contributed by atoms with Gasteiger partial charge in [0.2, 0.25) is 5.91 Å². The molecule has 0 bridgehead atoms. The Bertz CT molecular complexity index is 1240. The molecule has 0 aromatic heterocycles. The smallest absolute Gasteiger partial charge is 0.308 e. The number of nitrogens with one attached hydrogen (secondary N) is 1. The zero-order chi connectivity index (χ0) is 28.4. The molecule has 2 fully saturated rings. The molecule has 0 spiro atoms. The summed E-state index contributed by atoms with van der Waals surface area (Å²) in [5, 5.41) is 2.94. The van der Waals surface area contributed by atoms with Crippen molar-refractivity contribution in [3.8, 4) is 0 Å². The molecule has 0 radical (unpaired) electrons. The van der Waals surface area contributed by atoms with Crippen LogP contribution in [0.1, 0.15) is 36.3 Å². The summed E-state index contributed by atoms with van der Waals surface area (Å²) in [6.07, 6.45) is -3.24. The minimum Gasteiger partial charge on any atom is -0.461 e. The largest absolute Gasteiger partial charge is 0.461 e. The SMILES string of the molecule is CC(=O)N[C@@H]1[C@@H](OCc2ccccc2)O[C@@H]2CO[C@H](c3ccccc3)O[C@@H]2[C@H]1OCCC(=O)OCc1ccccc1. The van der Waals surface area contributed by atoms with E-state index in [9.17, 15) is 9.59 Å². The van der Waals surface area contributed by atoms with Crippen molar-refractivity contribution in [1.82, 2.24) is 5.32 Å². The second-order valence-corrected chi connectivity index (χ2v) is 9.97. The van der Waals surface area contributed by atoms with E-state index in [2.05, 4.69) is 5.32 Å². The highest BCUT2D eigenvalue weighted by Gasteiger charge is 2.51. The van der Waals surface area contributed by atoms with Crippen LogP contribution in [-0.2, 0) is 51.2 Å². The lowest BCUT2D eigenvalue weighted by atomic mass is 9.95. The fourth-order valence-electron chi connectivity index (χ4n) is 4.92. The summed E-state index contributed by atoms with van der Waals surface area (Å²) >= 11 is 0. The van der Waals surface area contributed by atoms with Gasteiger partial charge in [-0.2, -0.15) is 0 Å². The number of carbonyl (C=O) groups is 2. The molecular formula is C32H35NO8. The lowest BCUT2D eigenvalue weighted by Crippen LogP contribution is -2.67. The number of hydrogen-bond acceptors (Lipinski definition) is 8. The fraction of sp³-hybridized carbons (Fsp3) is 0.375. The van der Waals surface area contributed by atoms with Gasteiger partial charge in [-0.25, -0.2) is 0 Å². The first kappa shape index (κ1) is 28.9. The molecule has 3 aromatic carbocycles. The Kier molecular flexibility index (Phi) is 10.1. The monoisotopic (exact) mass is 561 g/mol. The van der Waals surface area contributed by atoms with Gasteiger partial charge in [-0.3, -0.25) is 9.59 Å². The summed E-state index contributed by atoms with van der Waals surface area (Å²) in [5.74, 6) is -0.659. The summed E-state index contributed by atoms with van der Waals surface area (Å²) in [6.45, 7) is 2.18. The summed E-state index contributed by atoms with van der Waals surface area (Å²) in [7, 11) is 0. The molecule has 9 heteroatoms. The molecule has 0 saturated carbocycles. The van der Waals surface area contributed by atoms with Gasteiger partial charge in [-0.15, -0.1) is 0 Å². The fourth-order valence-corrected chi connectivity index (χ4v) is 4.92. The quantitative estimate of drug-likeness (QED) is 0.350. The van der Waals surface area contributed by atoms with Gasteiger partial charge in [0.1, 0.15) is 31.0 Å². The Morgan fingerprint density at radius 2 is 1.46 bits per heavy atom. The third-order valence-corrected chi connectivity index (χ3v) is 6.90. The molecule has 1 N–H and O–H groups in total. The predicted molar refractivity (Wildman–Crippen MR) is 148 cm³/mol. The first-order chi connectivity index (χ1) is 20.1. The highest BCUT2D eigenvalue weighted by molar-refractivity contribution is 5.73. The van der Waals surface area contributed by atoms with Crippen LogP contribution in [0.4, 0.5) is 0 Å². The minimum atomic E-state index is -0.837. The van der Waals surface area contributed by atoms with Crippen molar-refractivity contribution < 1.29 is 38.0 Å². The molecule has 3 aromatic rings. The zero-order valence-corrected chi connectivity index (χ0v) is 22.9. The number of fused-ring (bicyclic) bond motifs is 1. The lowest BCUT2D eigenvalue weighted by Gasteiger charge is -2.49. The molecule has 6 atom stereocenters. The average Bonchev–Trinajstić information content (AvgIpc) is 3.01. The third kappa shape index (κ3) is 8.00. The molecule has 5 rings (SSSR count). The Hall–Kier alpha value is -3.60. The van der Waals surface area contributed by atoms with Crippen LogP contribution >= 0.6 is 0 Å². The van der Waals surface area contributed by atoms with Crippen molar-refractivity contribution in [3.05, 3.63) is 108 Å². The van der Waals surface area contributed by atoms with E-state index in [0.29, 0.717) is 0 Å². The van der Waals surface area contributed by atoms with Crippen molar-refractivity contribution in [2.75, 3.05) is 13.2 Å². The molecular weight excluding hydrogens is 526 g/mol. The molecule has 0 unspecified atom stereocenters. The van der Waals surface area contributed by atoms with Gasteiger partial charge in [-0.05, 0) is 11.1 Å². The van der Waals surface area contributed by atoms with Crippen molar-refractivity contribution >= 4 is 11.9 Å². The molecule has 9 nitrogen and oxygen atoms in total. The standard InChI is InChI=1S/C32H35NO8/c1-22(34)33-28-30(36-18-17-27(35)37-19-23-11-5-2-6-12-23)29-26(21-39-31(41-29)25-15-9-4-10-16-25)40-32(28)38-20-24-13-7-3-8-14-24/h2-16,26,28-32H,17-21H2,1H3,(H,33,34)/t26-,28+,29+,30+,31+,32+/m1/s1. The first-order valence-corrected chi connectivity index (χ1v) is 13.8. The van der Waals surface area contributed by atoms with E-state index in [1.807, 2.05) is 91.0 Å². The summed E-state index contributed by atoms with van der Waals surface area (Å²) in [4.78, 5) is 24.8. The van der Waals surface area contributed by atoms with E-state index in [1.54, 1.807) is 0 Å². The van der Waals surface area contributed by atoms with Gasteiger partial charge in [0.15, 0.2) is 12.6 Å². The number of benzene rings is 3.